The van der Waals surface area contributed by atoms with Gasteiger partial charge >= 0.3 is 5.97 Å². The average Bonchev–Trinajstić information content (AvgIpc) is 2.65. The molecule has 0 aliphatic carbocycles. The van der Waals surface area contributed by atoms with Gasteiger partial charge in [-0.2, -0.15) is 0 Å². The van der Waals surface area contributed by atoms with E-state index in [0.717, 1.165) is 15.7 Å². The van der Waals surface area contributed by atoms with Gasteiger partial charge in [-0.25, -0.2) is 9.78 Å². The molecule has 4 nitrogen and oxygen atoms in total. The first-order valence-electron chi connectivity index (χ1n) is 4.68. The number of rotatable bonds is 3. The van der Waals surface area contributed by atoms with Crippen LogP contribution in [0, 0.1) is 6.92 Å². The molecule has 0 aliphatic heterocycles. The molecule has 1 aromatic heterocycles. The predicted molar refractivity (Wildman–Crippen MR) is 63.5 cm³/mol. The summed E-state index contributed by atoms with van der Waals surface area (Å²) in [6, 6.07) is 6.57. The molecule has 0 atom stereocenters. The second kappa shape index (κ2) is 4.32. The Balaban J connectivity index is 2.14. The van der Waals surface area contributed by atoms with Gasteiger partial charge < -0.3 is 10.4 Å². The summed E-state index contributed by atoms with van der Waals surface area (Å²) >= 11 is 1.55. The fourth-order valence-electron chi connectivity index (χ4n) is 1.23. The quantitative estimate of drug-likeness (QED) is 0.857. The molecule has 1 aromatic carbocycles. The molecule has 2 rings (SSSR count). The van der Waals surface area contributed by atoms with Crippen LogP contribution in [-0.2, 0) is 0 Å². The number of thiazole rings is 1. The smallest absolute Gasteiger partial charge is 0.335 e. The first-order chi connectivity index (χ1) is 7.65. The summed E-state index contributed by atoms with van der Waals surface area (Å²) in [5, 5.41) is 12.6. The number of anilines is 2. The molecule has 0 spiro atoms. The molecule has 0 amide bonds. The maximum atomic E-state index is 10.6. The van der Waals surface area contributed by atoms with Crippen LogP contribution in [-0.4, -0.2) is 16.1 Å². The third-order valence-corrected chi connectivity index (χ3v) is 2.83. The molecular formula is C11H10N2O2S. The van der Waals surface area contributed by atoms with Crippen molar-refractivity contribution in [1.29, 1.82) is 0 Å². The van der Waals surface area contributed by atoms with Gasteiger partial charge in [0.15, 0.2) is 5.13 Å². The molecule has 16 heavy (non-hydrogen) atoms. The minimum atomic E-state index is -0.920. The Labute approximate surface area is 96.6 Å². The highest BCUT2D eigenvalue weighted by Gasteiger charge is 2.03. The van der Waals surface area contributed by atoms with Gasteiger partial charge in [-0.3, -0.25) is 0 Å². The fraction of sp³-hybridized carbons (Fsp3) is 0.0909. The van der Waals surface area contributed by atoms with Crippen LogP contribution in [0.25, 0.3) is 0 Å². The van der Waals surface area contributed by atoms with Gasteiger partial charge in [0.2, 0.25) is 0 Å². The van der Waals surface area contributed by atoms with Crippen LogP contribution in [0.2, 0.25) is 0 Å². The molecular weight excluding hydrogens is 224 g/mol. The van der Waals surface area contributed by atoms with Crippen LogP contribution >= 0.6 is 11.3 Å². The Bertz CT molecular complexity index is 505. The van der Waals surface area contributed by atoms with E-state index in [0.29, 0.717) is 0 Å². The highest BCUT2D eigenvalue weighted by molar-refractivity contribution is 7.15. The van der Waals surface area contributed by atoms with Crippen molar-refractivity contribution in [3.63, 3.8) is 0 Å². The van der Waals surface area contributed by atoms with E-state index in [-0.39, 0.29) is 5.56 Å². The van der Waals surface area contributed by atoms with E-state index >= 15 is 0 Å². The van der Waals surface area contributed by atoms with Crippen molar-refractivity contribution in [2.24, 2.45) is 0 Å². The molecule has 0 saturated carbocycles. The lowest BCUT2D eigenvalue weighted by Crippen LogP contribution is -1.96. The van der Waals surface area contributed by atoms with Gasteiger partial charge in [0.1, 0.15) is 0 Å². The van der Waals surface area contributed by atoms with Crippen molar-refractivity contribution in [2.75, 3.05) is 5.32 Å². The number of carboxylic acid groups (broad SMARTS) is 1. The zero-order chi connectivity index (χ0) is 11.5. The lowest BCUT2D eigenvalue weighted by atomic mass is 10.2. The third-order valence-electron chi connectivity index (χ3n) is 2.00. The number of nitrogens with one attached hydrogen (secondary N) is 1. The molecule has 0 unspecified atom stereocenters. The number of carboxylic acids is 1. The summed E-state index contributed by atoms with van der Waals surface area (Å²) in [7, 11) is 0. The molecule has 0 radical (unpaired) electrons. The molecule has 2 aromatic rings. The lowest BCUT2D eigenvalue weighted by molar-refractivity contribution is 0.0697. The van der Waals surface area contributed by atoms with Gasteiger partial charge in [-0.1, -0.05) is 0 Å². The highest BCUT2D eigenvalue weighted by Crippen LogP contribution is 2.21. The molecule has 0 bridgehead atoms. The molecule has 0 saturated heterocycles. The van der Waals surface area contributed by atoms with E-state index in [1.165, 1.54) is 0 Å². The van der Waals surface area contributed by atoms with Crippen LogP contribution in [0.5, 0.6) is 0 Å². The molecule has 5 heteroatoms. The Morgan fingerprint density at radius 2 is 2.06 bits per heavy atom. The van der Waals surface area contributed by atoms with Crippen LogP contribution in [0.4, 0.5) is 10.8 Å². The number of aryl methyl sites for hydroxylation is 1. The van der Waals surface area contributed by atoms with Crippen LogP contribution in [0.1, 0.15) is 15.2 Å². The third kappa shape index (κ3) is 2.38. The number of hydrogen-bond donors (Lipinski definition) is 2. The van der Waals surface area contributed by atoms with Crippen molar-refractivity contribution in [3.05, 3.63) is 40.9 Å². The summed E-state index contributed by atoms with van der Waals surface area (Å²) in [4.78, 5) is 15.9. The van der Waals surface area contributed by atoms with E-state index in [1.54, 1.807) is 41.8 Å². The Morgan fingerprint density at radius 3 is 2.56 bits per heavy atom. The molecule has 1 heterocycles. The van der Waals surface area contributed by atoms with Crippen molar-refractivity contribution < 1.29 is 9.90 Å². The lowest BCUT2D eigenvalue weighted by Gasteiger charge is -2.02. The van der Waals surface area contributed by atoms with E-state index in [2.05, 4.69) is 10.3 Å². The van der Waals surface area contributed by atoms with Crippen LogP contribution < -0.4 is 5.32 Å². The fourth-order valence-corrected chi connectivity index (χ4v) is 1.92. The van der Waals surface area contributed by atoms with Gasteiger partial charge in [0, 0.05) is 16.8 Å². The SMILES string of the molecule is Cc1cnc(Nc2ccc(C(=O)O)cc2)s1. The van der Waals surface area contributed by atoms with Crippen molar-refractivity contribution in [3.8, 4) is 0 Å². The summed E-state index contributed by atoms with van der Waals surface area (Å²) in [6.07, 6.45) is 1.79. The minimum absolute atomic E-state index is 0.279. The summed E-state index contributed by atoms with van der Waals surface area (Å²) in [5.74, 6) is -0.920. The van der Waals surface area contributed by atoms with Crippen LogP contribution in [0.15, 0.2) is 30.5 Å². The maximum Gasteiger partial charge on any atom is 0.335 e. The van der Waals surface area contributed by atoms with Gasteiger partial charge in [-0.15, -0.1) is 11.3 Å². The number of hydrogen-bond acceptors (Lipinski definition) is 4. The maximum absolute atomic E-state index is 10.6. The normalized spacial score (nSPS) is 10.1. The zero-order valence-corrected chi connectivity index (χ0v) is 9.41. The first kappa shape index (κ1) is 10.6. The van der Waals surface area contributed by atoms with E-state index in [9.17, 15) is 4.79 Å². The van der Waals surface area contributed by atoms with Crippen LogP contribution in [0.3, 0.4) is 0 Å². The van der Waals surface area contributed by atoms with Gasteiger partial charge in [0.05, 0.1) is 5.56 Å². The van der Waals surface area contributed by atoms with Gasteiger partial charge in [-0.05, 0) is 31.2 Å². The van der Waals surface area contributed by atoms with E-state index in [1.807, 2.05) is 6.92 Å². The number of benzene rings is 1. The number of aromatic carboxylic acids is 1. The average molecular weight is 234 g/mol. The summed E-state index contributed by atoms with van der Waals surface area (Å²) < 4.78 is 0. The molecule has 0 aliphatic rings. The highest BCUT2D eigenvalue weighted by atomic mass is 32.1. The Morgan fingerprint density at radius 1 is 1.38 bits per heavy atom. The largest absolute Gasteiger partial charge is 0.478 e. The first-order valence-corrected chi connectivity index (χ1v) is 5.49. The zero-order valence-electron chi connectivity index (χ0n) is 8.60. The van der Waals surface area contributed by atoms with Crippen molar-refractivity contribution in [2.45, 2.75) is 6.92 Å². The van der Waals surface area contributed by atoms with E-state index < -0.39 is 5.97 Å². The topological polar surface area (TPSA) is 62.2 Å². The predicted octanol–water partition coefficient (Wildman–Crippen LogP) is 2.89. The van der Waals surface area contributed by atoms with E-state index in [4.69, 9.17) is 5.11 Å². The standard InChI is InChI=1S/C11H10N2O2S/c1-7-6-12-11(16-7)13-9-4-2-8(3-5-9)10(14)15/h2-6H,1H3,(H,12,13)(H,14,15). The molecule has 82 valence electrons. The minimum Gasteiger partial charge on any atom is -0.478 e. The molecule has 0 fully saturated rings. The van der Waals surface area contributed by atoms with Gasteiger partial charge in [0.25, 0.3) is 0 Å². The summed E-state index contributed by atoms with van der Waals surface area (Å²) in [5.41, 5.74) is 1.11. The second-order valence-electron chi connectivity index (χ2n) is 3.28. The molecule has 2 N–H and O–H groups in total. The monoisotopic (exact) mass is 234 g/mol. The summed E-state index contributed by atoms with van der Waals surface area (Å²) in [6.45, 7) is 1.98. The number of aromatic nitrogens is 1. The Hall–Kier alpha value is -1.88. The van der Waals surface area contributed by atoms with Crippen molar-refractivity contribution >= 4 is 28.1 Å². The number of carbonyl (C=O) groups is 1. The number of nitrogens with zero attached hydrogens (tertiary/aromatic N) is 1. The van der Waals surface area contributed by atoms with Crippen molar-refractivity contribution in [1.82, 2.24) is 4.98 Å². The Kier molecular flexibility index (Phi) is 2.87. The second-order valence-corrected chi connectivity index (χ2v) is 4.52.